The van der Waals surface area contributed by atoms with Crippen molar-refractivity contribution in [1.82, 2.24) is 87.5 Å². The van der Waals surface area contributed by atoms with Gasteiger partial charge in [0.05, 0.1) is 119 Å². The lowest BCUT2D eigenvalue weighted by molar-refractivity contribution is -0.130. The molecule has 0 bridgehead atoms. The maximum atomic E-state index is 14.6. The Morgan fingerprint density at radius 2 is 0.768 bits per heavy atom. The number of amides is 3. The number of aromatic amines is 1. The summed E-state index contributed by atoms with van der Waals surface area (Å²) in [5.41, 5.74) is -0.364. The van der Waals surface area contributed by atoms with Gasteiger partial charge in [-0.2, -0.15) is 30.6 Å². The van der Waals surface area contributed by atoms with E-state index in [1.807, 2.05) is 0 Å². The number of H-pyrrole nitrogens is 1. The molecule has 4 aliphatic heterocycles. The van der Waals surface area contributed by atoms with Crippen molar-refractivity contribution in [2.24, 2.45) is 0 Å². The van der Waals surface area contributed by atoms with E-state index in [2.05, 4.69) is 35.6 Å². The molecule has 38 nitrogen and oxygen atoms in total. The van der Waals surface area contributed by atoms with Crippen LogP contribution in [0, 0.1) is 38.2 Å². The van der Waals surface area contributed by atoms with Crippen LogP contribution in [0.25, 0.3) is 45.7 Å². The number of rotatable bonds is 23. The highest BCUT2D eigenvalue weighted by atomic mass is 32.1. The van der Waals surface area contributed by atoms with Crippen molar-refractivity contribution in [2.75, 3.05) is 81.9 Å². The third kappa shape index (κ3) is 22.2. The highest BCUT2D eigenvalue weighted by molar-refractivity contribution is 7.22. The van der Waals surface area contributed by atoms with Crippen molar-refractivity contribution in [2.45, 2.75) is 226 Å². The molecule has 4 saturated heterocycles. The Hall–Kier alpha value is -12.3. The van der Waals surface area contributed by atoms with Crippen molar-refractivity contribution in [1.29, 1.82) is 0 Å². The molecule has 0 radical (unpaired) electrons. The van der Waals surface area contributed by atoms with Crippen LogP contribution in [0.15, 0.2) is 121 Å². The Morgan fingerprint density at radius 3 is 1.10 bits per heavy atom. The number of fused-ring (bicyclic) bond motifs is 3. The Kier molecular flexibility index (Phi) is 34.9. The molecule has 12 aromatic rings. The van der Waals surface area contributed by atoms with Crippen LogP contribution >= 0.6 is 34.0 Å². The topological polar surface area (TPSA) is 435 Å². The zero-order valence-electron chi connectivity index (χ0n) is 75.8. The van der Waals surface area contributed by atoms with E-state index in [4.69, 9.17) is 33.2 Å². The Balaban J connectivity index is 0.000000168. The number of ketones is 2. The van der Waals surface area contributed by atoms with Gasteiger partial charge < -0.3 is 58.1 Å². The predicted molar refractivity (Wildman–Crippen MR) is 511 cm³/mol. The largest absolute Gasteiger partial charge is 0.496 e. The molecule has 0 spiro atoms. The number of thiophene rings is 3. The van der Waals surface area contributed by atoms with Gasteiger partial charge in [0.15, 0.2) is 0 Å². The van der Waals surface area contributed by atoms with E-state index in [0.29, 0.717) is 201 Å². The first kappa shape index (κ1) is 105. The predicted octanol–water partition coefficient (Wildman–Crippen LogP) is 10.8. The summed E-state index contributed by atoms with van der Waals surface area (Å²) in [6.07, 6.45) is 15.7. The number of aliphatic hydroxyl groups is 2. The van der Waals surface area contributed by atoms with Crippen LogP contribution < -0.4 is 48.0 Å². The molecule has 7 fully saturated rings. The van der Waals surface area contributed by atoms with E-state index in [0.717, 1.165) is 26.9 Å². The molecule has 19 rings (SSSR count). The summed E-state index contributed by atoms with van der Waals surface area (Å²) in [6.45, 7) is 8.19. The van der Waals surface area contributed by atoms with Gasteiger partial charge in [-0.15, -0.1) is 14.4 Å². The molecule has 3 N–H and O–H groups in total. The number of nitrogens with zero attached hydrogens (tertiary/aromatic N) is 17. The molecule has 6 atom stereocenters. The summed E-state index contributed by atoms with van der Waals surface area (Å²) in [5.74, 6) is -0.621. The minimum absolute atomic E-state index is 0. The van der Waals surface area contributed by atoms with Gasteiger partial charge >= 0.3 is 17.1 Å². The summed E-state index contributed by atoms with van der Waals surface area (Å²) < 4.78 is 88.8. The van der Waals surface area contributed by atoms with E-state index in [1.165, 1.54) is 198 Å². The Bertz CT molecular complexity index is 6710. The first-order valence-corrected chi connectivity index (χ1v) is 47.0. The first-order chi connectivity index (χ1) is 65.0. The summed E-state index contributed by atoms with van der Waals surface area (Å²) in [4.78, 5) is 156. The molecule has 44 heteroatoms. The number of Topliss-reactive ketones (excluding diaryl/α,β-unsaturated/α-hetero) is 2. The fourth-order valence-electron chi connectivity index (χ4n) is 18.1. The maximum absolute atomic E-state index is 14.6. The van der Waals surface area contributed by atoms with E-state index < -0.39 is 93.7 Å². The lowest BCUT2D eigenvalue weighted by Gasteiger charge is -2.31. The van der Waals surface area contributed by atoms with Gasteiger partial charge in [-0.3, -0.25) is 52.5 Å². The molecule has 3 amide bonds. The average Bonchev–Trinajstić information content (AvgIpc) is 1.58. The zero-order valence-corrected chi connectivity index (χ0v) is 78.3. The molecular formula is C94H117F3N18O20S3. The summed E-state index contributed by atoms with van der Waals surface area (Å²) in [5, 5.41) is 47.3. The van der Waals surface area contributed by atoms with Gasteiger partial charge in [0.1, 0.15) is 112 Å². The van der Waals surface area contributed by atoms with Crippen molar-refractivity contribution in [3.05, 3.63) is 205 Å². The number of ether oxygens (including phenoxy) is 7. The number of aromatic nitrogens is 15. The fraction of sp³-hybridized carbons (Fsp3) is 0.500. The number of nitrogens with one attached hydrogen (secondary N) is 1. The molecule has 742 valence electrons. The second-order valence-electron chi connectivity index (χ2n) is 34.0. The normalized spacial score (nSPS) is 19.1. The van der Waals surface area contributed by atoms with E-state index in [-0.39, 0.29) is 100 Å². The number of hydrogen-bond donors (Lipinski definition) is 3. The second kappa shape index (κ2) is 46.0. The lowest BCUT2D eigenvalue weighted by atomic mass is 9.94. The summed E-state index contributed by atoms with van der Waals surface area (Å²) in [6, 6.07) is 9.67. The zero-order chi connectivity index (χ0) is 95.9. The molecule has 3 aliphatic carbocycles. The van der Waals surface area contributed by atoms with Gasteiger partial charge in [-0.05, 0) is 159 Å². The molecular weight excluding hydrogens is 1850 g/mol. The number of halogens is 3. The van der Waals surface area contributed by atoms with Crippen LogP contribution in [-0.4, -0.2) is 233 Å². The third-order valence-corrected chi connectivity index (χ3v) is 29.1. The average molecular weight is 1970 g/mol. The second-order valence-corrected chi connectivity index (χ2v) is 36.9. The molecule has 3 aromatic carbocycles. The monoisotopic (exact) mass is 1970 g/mol. The number of carbonyl (C=O) groups excluding carboxylic acids is 5. The van der Waals surface area contributed by atoms with Gasteiger partial charge in [0.2, 0.25) is 17.7 Å². The van der Waals surface area contributed by atoms with Crippen LogP contribution in [0.5, 0.6) is 17.2 Å². The van der Waals surface area contributed by atoms with Crippen molar-refractivity contribution < 1.29 is 80.5 Å². The molecule has 13 heterocycles. The maximum Gasteiger partial charge on any atom is 0.332 e. The quantitative estimate of drug-likeness (QED) is 0.0535. The van der Waals surface area contributed by atoms with E-state index in [9.17, 15) is 76.1 Å². The van der Waals surface area contributed by atoms with Crippen molar-refractivity contribution in [3.63, 3.8) is 0 Å². The smallest absolute Gasteiger partial charge is 0.332 e. The molecule has 0 unspecified atom stereocenters. The van der Waals surface area contributed by atoms with Crippen LogP contribution in [0.3, 0.4) is 0 Å². The lowest BCUT2D eigenvalue weighted by Crippen LogP contribution is -2.45. The molecule has 9 aromatic heterocycles. The van der Waals surface area contributed by atoms with Gasteiger partial charge in [0, 0.05) is 113 Å². The standard InChI is InChI=1S/C29H33FN6O6S.C29H31FN6O6S.C15H19FO4.C14H14N6O3S.C4H8O.3CH4/c2*1-16-24-26(39)35(21-10-13-33(2)25(21)38)29(40)34(28(24)43-27(16)36-31-11-12-32-36)15-23(42-19-7-5-18(37)6-8-19)20-14-17(30)4-9-22(20)41-3;1-19-14-7-2-10(16)8-13(14)15(9-17)20-12-5-3-11(18)4-6-12;1-7-9-10(24-13(7)20-15-4-5-16-20)17-14(23)19(12(9)22)8-3-6-18(2)11(8)21;1-2-4-5-3-1;;;/h4,9,11-12,14,18-19,21,23,37H,5-8,10,13,15H2,1-3H3;4,9,11-12,14,19,21,23H,5-8,10,13,15H2,1-3H3;2,7-8,12,15,17H,3-6,9H2,1H3;4-5,8H,3,6H2,1-2H3,(H,17,23);1-4H2;3*1H4/t18?,19?,21-,23-;21-,23-;15-;8-;;;;/m0000..../s1. The fourth-order valence-corrected chi connectivity index (χ4v) is 21.6. The van der Waals surface area contributed by atoms with Crippen molar-refractivity contribution in [3.8, 4) is 32.3 Å². The number of aryl methyl sites for hydroxylation is 3. The Labute approximate surface area is 803 Å². The Morgan fingerprint density at radius 1 is 0.442 bits per heavy atom. The highest BCUT2D eigenvalue weighted by Crippen LogP contribution is 2.41. The van der Waals surface area contributed by atoms with Crippen LogP contribution in [0.2, 0.25) is 0 Å². The molecule has 7 aliphatic rings. The minimum Gasteiger partial charge on any atom is -0.496 e. The highest BCUT2D eigenvalue weighted by Gasteiger charge is 2.41. The van der Waals surface area contributed by atoms with Gasteiger partial charge in [0.25, 0.3) is 16.7 Å². The number of likely N-dealkylation sites (tertiary alicyclic amines) is 3. The number of carbonyl (C=O) groups is 5. The molecule has 3 saturated carbocycles. The van der Waals surface area contributed by atoms with Gasteiger partial charge in [-0.25, -0.2) is 41.3 Å². The van der Waals surface area contributed by atoms with E-state index >= 15 is 0 Å². The van der Waals surface area contributed by atoms with E-state index in [1.54, 1.807) is 41.9 Å². The summed E-state index contributed by atoms with van der Waals surface area (Å²) >= 11 is 3.59. The van der Waals surface area contributed by atoms with Crippen molar-refractivity contribution >= 4 is 93.9 Å². The number of hydrogen-bond acceptors (Lipinski definition) is 29. The number of methoxy groups -OCH3 is 3. The van der Waals surface area contributed by atoms with Crippen LogP contribution in [0.4, 0.5) is 13.2 Å². The van der Waals surface area contributed by atoms with Gasteiger partial charge in [-0.1, -0.05) is 56.3 Å². The molecule has 138 heavy (non-hydrogen) atoms. The number of likely N-dealkylation sites (N-methyl/N-ethyl adjacent to an activating group) is 3. The minimum atomic E-state index is -0.960. The third-order valence-electron chi connectivity index (χ3n) is 25.4. The SMILES string of the molecule is C.C.C.C1CCOC1.COc1ccc(F)cc1[C@H](CO)OC1CCC(=O)CC1.COc1ccc(F)cc1[C@H](Cn1c(=O)n([C@H]2CCN(C)C2=O)c(=O)c2c(C)c(-n3nccn3)sc21)OC1CCC(=O)CC1.COc1ccc(F)cc1[C@H](Cn1c(=O)n([C@H]2CCN(C)C2=O)c(=O)c2c(C)c(-n3nccn3)sc21)OC1CCC(O)CC1.Cc1c(-n2nccn2)sc2[nH]c(=O)n([C@H]3CCN(C)C3=O)c(=O)c12. The van der Waals surface area contributed by atoms with Crippen LogP contribution in [0.1, 0.15) is 201 Å². The number of benzene rings is 3. The first-order valence-electron chi connectivity index (χ1n) is 44.5. The van der Waals surface area contributed by atoms with Crippen LogP contribution in [-0.2, 0) is 56.0 Å². The summed E-state index contributed by atoms with van der Waals surface area (Å²) in [7, 11) is 9.37. The number of aliphatic hydroxyl groups excluding tert-OH is 2.